The Kier molecular flexibility index (Phi) is 10.4. The van der Waals surface area contributed by atoms with Crippen molar-refractivity contribution in [2.75, 3.05) is 38.2 Å². The largest absolute Gasteiger partial charge is 0.357 e. The first-order chi connectivity index (χ1) is 11.6. The zero-order valence-corrected chi connectivity index (χ0v) is 15.9. The second-order valence-corrected chi connectivity index (χ2v) is 7.73. The van der Waals surface area contributed by atoms with Crippen LogP contribution in [0.5, 0.6) is 0 Å². The summed E-state index contributed by atoms with van der Waals surface area (Å²) in [6.45, 7) is 4.25. The number of thioether (sulfide) groups is 1. The van der Waals surface area contributed by atoms with Gasteiger partial charge in [-0.3, -0.25) is 9.98 Å². The quantitative estimate of drug-likeness (QED) is 0.305. The highest BCUT2D eigenvalue weighted by molar-refractivity contribution is 7.98. The number of rotatable bonds is 11. The van der Waals surface area contributed by atoms with Crippen molar-refractivity contribution in [3.8, 4) is 0 Å². The molecule has 0 aliphatic rings. The molecule has 1 rings (SSSR count). The van der Waals surface area contributed by atoms with Gasteiger partial charge in [0.05, 0.1) is 0 Å². The van der Waals surface area contributed by atoms with Crippen LogP contribution in [0.15, 0.2) is 34.4 Å². The van der Waals surface area contributed by atoms with E-state index >= 15 is 0 Å². The third-order valence-corrected chi connectivity index (χ3v) is 5.17. The van der Waals surface area contributed by atoms with Crippen LogP contribution in [0.25, 0.3) is 0 Å². The molecule has 0 unspecified atom stereocenters. The Labute approximate surface area is 149 Å². The van der Waals surface area contributed by atoms with Gasteiger partial charge in [0, 0.05) is 38.6 Å². The first kappa shape index (κ1) is 20.7. The third-order valence-electron chi connectivity index (χ3n) is 3.02. The Balaban J connectivity index is 2.35. The summed E-state index contributed by atoms with van der Waals surface area (Å²) in [4.78, 5) is 8.46. The van der Waals surface area contributed by atoms with Crippen molar-refractivity contribution in [2.45, 2.75) is 24.7 Å². The number of hydrogen-bond acceptors (Lipinski definition) is 5. The Hall–Kier alpha value is -1.32. The van der Waals surface area contributed by atoms with E-state index in [9.17, 15) is 8.42 Å². The molecule has 0 aromatic carbocycles. The van der Waals surface area contributed by atoms with Gasteiger partial charge in [-0.2, -0.15) is 11.8 Å². The highest BCUT2D eigenvalue weighted by atomic mass is 32.2. The Bertz CT molecular complexity index is 579. The van der Waals surface area contributed by atoms with Crippen LogP contribution >= 0.6 is 11.8 Å². The van der Waals surface area contributed by atoms with Crippen LogP contribution in [0, 0.1) is 0 Å². The highest BCUT2D eigenvalue weighted by Crippen LogP contribution is 2.04. The summed E-state index contributed by atoms with van der Waals surface area (Å²) in [5.41, 5.74) is 0. The molecule has 1 heterocycles. The molecule has 0 aliphatic carbocycles. The molecule has 24 heavy (non-hydrogen) atoms. The molecule has 0 saturated heterocycles. The predicted molar refractivity (Wildman–Crippen MR) is 101 cm³/mol. The number of pyridine rings is 1. The van der Waals surface area contributed by atoms with Crippen molar-refractivity contribution >= 4 is 27.7 Å². The van der Waals surface area contributed by atoms with Gasteiger partial charge in [-0.15, -0.1) is 0 Å². The number of unbranched alkanes of at least 4 members (excludes halogenated alkanes) is 1. The van der Waals surface area contributed by atoms with Gasteiger partial charge >= 0.3 is 0 Å². The summed E-state index contributed by atoms with van der Waals surface area (Å²) in [7, 11) is -3.51. The van der Waals surface area contributed by atoms with Crippen molar-refractivity contribution in [1.82, 2.24) is 20.3 Å². The second-order valence-electron chi connectivity index (χ2n) is 4.97. The van der Waals surface area contributed by atoms with E-state index in [0.29, 0.717) is 12.5 Å². The fourth-order valence-electron chi connectivity index (χ4n) is 1.85. The zero-order chi connectivity index (χ0) is 17.7. The molecule has 0 saturated carbocycles. The Morgan fingerprint density at radius 1 is 1.29 bits per heavy atom. The molecule has 0 radical (unpaired) electrons. The summed E-state index contributed by atoms with van der Waals surface area (Å²) in [5, 5.41) is 6.28. The van der Waals surface area contributed by atoms with E-state index in [2.05, 4.69) is 31.6 Å². The van der Waals surface area contributed by atoms with E-state index in [1.54, 1.807) is 12.3 Å². The number of hydrogen-bond donors (Lipinski definition) is 3. The van der Waals surface area contributed by atoms with E-state index in [-0.39, 0.29) is 11.4 Å². The van der Waals surface area contributed by atoms with Crippen molar-refractivity contribution < 1.29 is 8.42 Å². The van der Waals surface area contributed by atoms with Crippen LogP contribution in [0.2, 0.25) is 0 Å². The average Bonchev–Trinajstić information content (AvgIpc) is 2.59. The van der Waals surface area contributed by atoms with Gasteiger partial charge in [0.25, 0.3) is 0 Å². The second kappa shape index (κ2) is 12.1. The van der Waals surface area contributed by atoms with Gasteiger partial charge in [0.15, 0.2) is 5.96 Å². The molecule has 0 fully saturated rings. The van der Waals surface area contributed by atoms with Crippen molar-refractivity contribution in [1.29, 1.82) is 0 Å². The number of aliphatic imine (C=N–C) groups is 1. The van der Waals surface area contributed by atoms with Crippen molar-refractivity contribution in [3.63, 3.8) is 0 Å². The molecule has 3 N–H and O–H groups in total. The van der Waals surface area contributed by atoms with Gasteiger partial charge < -0.3 is 10.6 Å². The van der Waals surface area contributed by atoms with Gasteiger partial charge in [-0.05, 0) is 43.9 Å². The Morgan fingerprint density at radius 2 is 2.12 bits per heavy atom. The minimum atomic E-state index is -3.51. The van der Waals surface area contributed by atoms with Gasteiger partial charge in [-0.1, -0.05) is 0 Å². The SMILES string of the molecule is CCNC(=NCCCCSC)NCCNS(=O)(=O)c1cccnc1. The molecule has 1 aromatic heterocycles. The summed E-state index contributed by atoms with van der Waals surface area (Å²) in [6.07, 6.45) is 7.16. The number of nitrogens with zero attached hydrogens (tertiary/aromatic N) is 2. The lowest BCUT2D eigenvalue weighted by molar-refractivity contribution is 0.580. The lowest BCUT2D eigenvalue weighted by Gasteiger charge is -2.12. The van der Waals surface area contributed by atoms with Crippen LogP contribution in [0.4, 0.5) is 0 Å². The van der Waals surface area contributed by atoms with E-state index in [4.69, 9.17) is 0 Å². The molecule has 0 amide bonds. The summed E-state index contributed by atoms with van der Waals surface area (Å²) in [6, 6.07) is 3.11. The highest BCUT2D eigenvalue weighted by Gasteiger charge is 2.12. The summed E-state index contributed by atoms with van der Waals surface area (Å²) >= 11 is 1.84. The topological polar surface area (TPSA) is 95.5 Å². The molecule has 0 atom stereocenters. The lowest BCUT2D eigenvalue weighted by atomic mass is 10.3. The normalized spacial score (nSPS) is 12.2. The van der Waals surface area contributed by atoms with Crippen LogP contribution in [0.3, 0.4) is 0 Å². The molecular weight excluding hydrogens is 346 g/mol. The zero-order valence-electron chi connectivity index (χ0n) is 14.3. The number of sulfonamides is 1. The molecule has 136 valence electrons. The van der Waals surface area contributed by atoms with Crippen LogP contribution in [-0.2, 0) is 10.0 Å². The predicted octanol–water partition coefficient (Wildman–Crippen LogP) is 1.06. The third kappa shape index (κ3) is 8.51. The van der Waals surface area contributed by atoms with E-state index in [1.165, 1.54) is 12.3 Å². The summed E-state index contributed by atoms with van der Waals surface area (Å²) in [5.74, 6) is 1.86. The van der Waals surface area contributed by atoms with Crippen LogP contribution in [-0.4, -0.2) is 57.5 Å². The first-order valence-corrected chi connectivity index (χ1v) is 10.9. The van der Waals surface area contributed by atoms with E-state index in [0.717, 1.165) is 31.7 Å². The minimum Gasteiger partial charge on any atom is -0.357 e. The Morgan fingerprint density at radius 3 is 2.79 bits per heavy atom. The molecule has 0 aliphatic heterocycles. The molecule has 7 nitrogen and oxygen atoms in total. The average molecular weight is 374 g/mol. The molecule has 9 heteroatoms. The molecule has 1 aromatic rings. The van der Waals surface area contributed by atoms with Gasteiger partial charge in [0.1, 0.15) is 4.90 Å². The molecule has 0 bridgehead atoms. The minimum absolute atomic E-state index is 0.166. The summed E-state index contributed by atoms with van der Waals surface area (Å²) < 4.78 is 26.6. The maximum atomic E-state index is 12.0. The fourth-order valence-corrected chi connectivity index (χ4v) is 3.33. The number of guanidine groups is 1. The van der Waals surface area contributed by atoms with E-state index in [1.807, 2.05) is 18.7 Å². The molecule has 0 spiro atoms. The van der Waals surface area contributed by atoms with Crippen LogP contribution in [0.1, 0.15) is 19.8 Å². The van der Waals surface area contributed by atoms with Gasteiger partial charge in [0.2, 0.25) is 10.0 Å². The monoisotopic (exact) mass is 373 g/mol. The van der Waals surface area contributed by atoms with Gasteiger partial charge in [-0.25, -0.2) is 13.1 Å². The lowest BCUT2D eigenvalue weighted by Crippen LogP contribution is -2.41. The maximum Gasteiger partial charge on any atom is 0.242 e. The number of nitrogens with one attached hydrogen (secondary N) is 3. The van der Waals surface area contributed by atoms with Crippen molar-refractivity contribution in [2.24, 2.45) is 4.99 Å². The van der Waals surface area contributed by atoms with E-state index < -0.39 is 10.0 Å². The number of aromatic nitrogens is 1. The first-order valence-electron chi connectivity index (χ1n) is 8.01. The maximum absolute atomic E-state index is 12.0. The smallest absolute Gasteiger partial charge is 0.242 e. The standard InChI is InChI=1S/C15H27N5O2S2/c1-3-17-15(18-9-4-5-12-23-2)19-10-11-20-24(21,22)14-7-6-8-16-13-14/h6-8,13,20H,3-5,9-12H2,1-2H3,(H2,17,18,19). The fraction of sp³-hybridized carbons (Fsp3) is 0.600. The molecular formula is C15H27N5O2S2. The van der Waals surface area contributed by atoms with Crippen LogP contribution < -0.4 is 15.4 Å². The van der Waals surface area contributed by atoms with Crippen molar-refractivity contribution in [3.05, 3.63) is 24.5 Å².